The van der Waals surface area contributed by atoms with Crippen molar-refractivity contribution in [2.75, 3.05) is 9.80 Å². The van der Waals surface area contributed by atoms with Crippen molar-refractivity contribution in [3.05, 3.63) is 136 Å². The van der Waals surface area contributed by atoms with Crippen molar-refractivity contribution in [2.24, 2.45) is 0 Å². The molecule has 0 radical (unpaired) electrons. The van der Waals surface area contributed by atoms with Crippen molar-refractivity contribution < 1.29 is 4.11 Å². The number of fused-ring (bicyclic) bond motifs is 10. The van der Waals surface area contributed by atoms with Crippen LogP contribution in [0.3, 0.4) is 0 Å². The lowest BCUT2D eigenvalue weighted by Gasteiger charge is -2.48. The zero-order valence-electron chi connectivity index (χ0n) is 43.2. The molecule has 2 aliphatic heterocycles. The summed E-state index contributed by atoms with van der Waals surface area (Å²) in [6.45, 7) is 26.6. The van der Waals surface area contributed by atoms with Crippen molar-refractivity contribution >= 4 is 88.7 Å². The van der Waals surface area contributed by atoms with Gasteiger partial charge in [0.2, 0.25) is 0 Å². The van der Waals surface area contributed by atoms with Crippen molar-refractivity contribution in [1.29, 1.82) is 0 Å². The predicted octanol–water partition coefficient (Wildman–Crippen LogP) is 15.1. The van der Waals surface area contributed by atoms with Gasteiger partial charge in [-0.1, -0.05) is 126 Å². The normalized spacial score (nSPS) is 21.8. The van der Waals surface area contributed by atoms with Gasteiger partial charge in [-0.3, -0.25) is 0 Å². The molecule has 2 nitrogen and oxygen atoms in total. The Morgan fingerprint density at radius 1 is 0.469 bits per heavy atom. The number of thiophene rings is 1. The maximum absolute atomic E-state index is 9.21. The molecule has 0 unspecified atom stereocenters. The Hall–Kier alpha value is -4.80. The lowest BCUT2D eigenvalue weighted by molar-refractivity contribution is 0.332. The predicted molar refractivity (Wildman–Crippen MR) is 279 cm³/mol. The second-order valence-electron chi connectivity index (χ2n) is 24.4. The lowest BCUT2D eigenvalue weighted by Crippen LogP contribution is -2.62. The fourth-order valence-electron chi connectivity index (χ4n) is 13.7. The van der Waals surface area contributed by atoms with E-state index in [9.17, 15) is 4.11 Å². The number of anilines is 6. The van der Waals surface area contributed by atoms with Crippen LogP contribution < -0.4 is 26.2 Å². The molecule has 324 valence electrons. The van der Waals surface area contributed by atoms with Crippen molar-refractivity contribution in [3.63, 3.8) is 0 Å². The van der Waals surface area contributed by atoms with Crippen LogP contribution >= 0.6 is 11.3 Å². The minimum Gasteiger partial charge on any atom is -0.311 e. The van der Waals surface area contributed by atoms with Crippen LogP contribution in [0.15, 0.2) is 97.1 Å². The standard InChI is InChI=1S/C60H65BN2S/c1-35-27-49-54-50(28-35)63(46-18-16-20-52-53(46)37-17-14-15-19-51(37)64-52)48-33-43-41(59(10,11)34-60(43,12)13)31-45(48)61(54)44-30-40-42(58(8,9)26-25-57(40,6)7)32-47(44)62(49)36-21-22-38-39(29-36)56(4,5)24-23-55(38,2)3/h14-22,27-33H,23-26,34H2,1-13H3/i1D3. The Balaban J connectivity index is 1.26. The minimum absolute atomic E-state index is 0.0104. The van der Waals surface area contributed by atoms with Crippen LogP contribution in [0.5, 0.6) is 0 Å². The molecule has 5 aliphatic rings. The van der Waals surface area contributed by atoms with Gasteiger partial charge in [-0.05, 0) is 181 Å². The van der Waals surface area contributed by atoms with Gasteiger partial charge in [0, 0.05) is 52.7 Å². The quantitative estimate of drug-likeness (QED) is 0.160. The van der Waals surface area contributed by atoms with Crippen molar-refractivity contribution in [3.8, 4) is 0 Å². The van der Waals surface area contributed by atoms with E-state index in [1.54, 1.807) is 0 Å². The van der Waals surface area contributed by atoms with E-state index in [1.165, 1.54) is 75.6 Å². The first-order valence-electron chi connectivity index (χ1n) is 25.5. The van der Waals surface area contributed by atoms with Gasteiger partial charge in [0.05, 0.1) is 5.69 Å². The second kappa shape index (κ2) is 12.8. The van der Waals surface area contributed by atoms with Crippen LogP contribution in [0, 0.1) is 6.85 Å². The SMILES string of the molecule is [2H]C([2H])([2H])c1cc2c3c(c1)N(c1cccc4sc5ccccc5c14)c1cc4c(cc1B3c1cc3c(cc1N2c1ccc2c(c1)C(C)(C)CCC2(C)C)C(C)(C)CCC3(C)C)C(C)(C)CC4(C)C. The topological polar surface area (TPSA) is 6.48 Å². The Labute approximate surface area is 391 Å². The van der Waals surface area contributed by atoms with E-state index < -0.39 is 6.85 Å². The fraction of sp³-hybridized carbons (Fsp3) is 0.400. The molecule has 3 aliphatic carbocycles. The Morgan fingerprint density at radius 3 is 1.62 bits per heavy atom. The molecule has 7 aromatic rings. The summed E-state index contributed by atoms with van der Waals surface area (Å²) in [4.78, 5) is 5.00. The van der Waals surface area contributed by atoms with Gasteiger partial charge in [-0.2, -0.15) is 0 Å². The van der Waals surface area contributed by atoms with Gasteiger partial charge in [-0.15, -0.1) is 11.3 Å². The van der Waals surface area contributed by atoms with Gasteiger partial charge < -0.3 is 9.80 Å². The van der Waals surface area contributed by atoms with Gasteiger partial charge >= 0.3 is 0 Å². The third-order valence-electron chi connectivity index (χ3n) is 17.2. The number of aryl methyl sites for hydroxylation is 1. The summed E-state index contributed by atoms with van der Waals surface area (Å²) >= 11 is 1.84. The molecule has 0 bridgehead atoms. The summed E-state index contributed by atoms with van der Waals surface area (Å²) in [7, 11) is 0. The van der Waals surface area contributed by atoms with Gasteiger partial charge in [0.15, 0.2) is 0 Å². The molecule has 1 aromatic heterocycles. The number of nitrogens with zero attached hydrogens (tertiary/aromatic N) is 2. The molecule has 0 saturated heterocycles. The Kier molecular flexibility index (Phi) is 7.46. The van der Waals surface area contributed by atoms with E-state index in [0.29, 0.717) is 5.56 Å². The summed E-state index contributed by atoms with van der Waals surface area (Å²) < 4.78 is 30.1. The molecule has 0 atom stereocenters. The van der Waals surface area contributed by atoms with E-state index >= 15 is 0 Å². The lowest BCUT2D eigenvalue weighted by atomic mass is 9.33. The number of hydrogen-bond donors (Lipinski definition) is 0. The molecule has 0 amide bonds. The monoisotopic (exact) mass is 860 g/mol. The van der Waals surface area contributed by atoms with Crippen LogP contribution in [0.1, 0.15) is 158 Å². The average molecular weight is 860 g/mol. The maximum atomic E-state index is 9.21. The zero-order chi connectivity index (χ0) is 47.3. The van der Waals surface area contributed by atoms with Gasteiger partial charge in [0.25, 0.3) is 6.71 Å². The molecule has 0 spiro atoms. The maximum Gasteiger partial charge on any atom is 0.252 e. The number of rotatable bonds is 2. The summed E-state index contributed by atoms with van der Waals surface area (Å²) in [6, 6.07) is 37.1. The highest BCUT2D eigenvalue weighted by molar-refractivity contribution is 7.26. The largest absolute Gasteiger partial charge is 0.311 e. The summed E-state index contributed by atoms with van der Waals surface area (Å²) in [5.41, 5.74) is 19.1. The molecule has 0 saturated carbocycles. The molecule has 3 heterocycles. The van der Waals surface area contributed by atoms with E-state index in [4.69, 9.17) is 0 Å². The molecular formula is C60H65BN2S. The first-order valence-corrected chi connectivity index (χ1v) is 24.8. The minimum atomic E-state index is -2.35. The summed E-state index contributed by atoms with van der Waals surface area (Å²) in [5.74, 6) is 0. The zero-order valence-corrected chi connectivity index (χ0v) is 41.0. The highest BCUT2D eigenvalue weighted by Gasteiger charge is 2.50. The molecule has 4 heteroatoms. The second-order valence-corrected chi connectivity index (χ2v) is 25.5. The van der Waals surface area contributed by atoms with E-state index in [0.717, 1.165) is 60.5 Å². The average Bonchev–Trinajstić information content (AvgIpc) is 3.72. The van der Waals surface area contributed by atoms with Gasteiger partial charge in [-0.25, -0.2) is 0 Å². The molecule has 0 fully saturated rings. The molecule has 6 aromatic carbocycles. The van der Waals surface area contributed by atoms with Gasteiger partial charge in [0.1, 0.15) is 0 Å². The first-order chi connectivity index (χ1) is 31.3. The van der Waals surface area contributed by atoms with E-state index in [1.807, 2.05) is 17.4 Å². The van der Waals surface area contributed by atoms with Crippen molar-refractivity contribution in [1.82, 2.24) is 0 Å². The van der Waals surface area contributed by atoms with Crippen LogP contribution in [0.2, 0.25) is 0 Å². The smallest absolute Gasteiger partial charge is 0.252 e. The van der Waals surface area contributed by atoms with E-state index in [2.05, 4.69) is 184 Å². The summed E-state index contributed by atoms with van der Waals surface area (Å²) in [5, 5.41) is 2.44. The highest BCUT2D eigenvalue weighted by atomic mass is 32.1. The Morgan fingerprint density at radius 2 is 0.984 bits per heavy atom. The molecule has 0 N–H and O–H groups in total. The number of hydrogen-bond acceptors (Lipinski definition) is 3. The fourth-order valence-corrected chi connectivity index (χ4v) is 14.8. The molecule has 12 rings (SSSR count). The molecule has 64 heavy (non-hydrogen) atoms. The van der Waals surface area contributed by atoms with Crippen LogP contribution in [-0.4, -0.2) is 6.71 Å². The number of benzene rings is 6. The van der Waals surface area contributed by atoms with Crippen molar-refractivity contribution in [2.45, 2.75) is 155 Å². The third kappa shape index (κ3) is 5.50. The first kappa shape index (κ1) is 37.4. The highest BCUT2D eigenvalue weighted by Crippen LogP contribution is 2.56. The molecular weight excluding hydrogens is 792 g/mol. The van der Waals surface area contributed by atoms with Crippen LogP contribution in [0.4, 0.5) is 34.1 Å². The third-order valence-corrected chi connectivity index (χ3v) is 18.4. The van der Waals surface area contributed by atoms with Crippen LogP contribution in [-0.2, 0) is 32.5 Å². The van der Waals surface area contributed by atoms with Crippen LogP contribution in [0.25, 0.3) is 20.2 Å². The Bertz CT molecular complexity index is 3310. The summed E-state index contributed by atoms with van der Waals surface area (Å²) in [6.07, 6.45) is 5.55. The van der Waals surface area contributed by atoms with E-state index in [-0.39, 0.29) is 39.2 Å².